The van der Waals surface area contributed by atoms with Crippen molar-refractivity contribution in [3.05, 3.63) is 42.5 Å². The van der Waals surface area contributed by atoms with Crippen LogP contribution in [0, 0.1) is 0 Å². The fraction of sp³-hybridized carbons (Fsp3) is 0.214. The molecule has 0 aliphatic carbocycles. The van der Waals surface area contributed by atoms with Gasteiger partial charge in [0.15, 0.2) is 0 Å². The predicted molar refractivity (Wildman–Crippen MR) is 77.8 cm³/mol. The maximum atomic E-state index is 12.0. The molecule has 5 nitrogen and oxygen atoms in total. The lowest BCUT2D eigenvalue weighted by Crippen LogP contribution is -2.32. The van der Waals surface area contributed by atoms with Crippen molar-refractivity contribution in [3.63, 3.8) is 0 Å². The lowest BCUT2D eigenvalue weighted by atomic mass is 10.1. The number of fused-ring (bicyclic) bond motifs is 1. The van der Waals surface area contributed by atoms with Crippen molar-refractivity contribution in [1.29, 1.82) is 0 Å². The van der Waals surface area contributed by atoms with E-state index in [0.29, 0.717) is 5.69 Å². The van der Waals surface area contributed by atoms with Crippen molar-refractivity contribution in [2.75, 3.05) is 11.4 Å². The quantitative estimate of drug-likeness (QED) is 0.903. The van der Waals surface area contributed by atoms with Gasteiger partial charge in [-0.15, -0.1) is 0 Å². The molecular formula is C14H14N2O3S. The van der Waals surface area contributed by atoms with Gasteiger partial charge in [-0.3, -0.25) is 4.79 Å². The number of nitrogens with zero attached hydrogens (tertiary/aromatic N) is 1. The maximum Gasteiger partial charge on any atom is 0.228 e. The molecule has 104 valence electrons. The molecule has 3 rings (SSSR count). The predicted octanol–water partition coefficient (Wildman–Crippen LogP) is 1.23. The topological polar surface area (TPSA) is 80.5 Å². The molecule has 6 heteroatoms. The molecule has 2 N–H and O–H groups in total. The molecule has 1 atom stereocenters. The van der Waals surface area contributed by atoms with Crippen LogP contribution >= 0.6 is 0 Å². The number of amides is 1. The largest absolute Gasteiger partial charge is 0.311 e. The first-order valence-electron chi connectivity index (χ1n) is 6.26. The van der Waals surface area contributed by atoms with Crippen LogP contribution in [0.15, 0.2) is 42.5 Å². The van der Waals surface area contributed by atoms with Gasteiger partial charge in [-0.2, -0.15) is 0 Å². The van der Waals surface area contributed by atoms with Crippen LogP contribution < -0.4 is 10.0 Å². The van der Waals surface area contributed by atoms with Gasteiger partial charge in [0.05, 0.1) is 0 Å². The molecule has 0 radical (unpaired) electrons. The van der Waals surface area contributed by atoms with Gasteiger partial charge in [-0.05, 0) is 22.9 Å². The van der Waals surface area contributed by atoms with Crippen LogP contribution in [0.2, 0.25) is 0 Å². The van der Waals surface area contributed by atoms with E-state index in [4.69, 9.17) is 5.14 Å². The number of carbonyl (C=O) groups excluding carboxylic acids is 1. The number of primary sulfonamides is 1. The van der Waals surface area contributed by atoms with E-state index >= 15 is 0 Å². The number of rotatable bonds is 2. The first-order chi connectivity index (χ1) is 9.45. The van der Waals surface area contributed by atoms with E-state index < -0.39 is 15.3 Å². The van der Waals surface area contributed by atoms with E-state index in [2.05, 4.69) is 0 Å². The van der Waals surface area contributed by atoms with E-state index in [1.165, 1.54) is 4.90 Å². The van der Waals surface area contributed by atoms with Gasteiger partial charge < -0.3 is 4.90 Å². The minimum absolute atomic E-state index is 0.0499. The minimum Gasteiger partial charge on any atom is -0.311 e. The highest BCUT2D eigenvalue weighted by atomic mass is 32.2. The van der Waals surface area contributed by atoms with Crippen LogP contribution in [0.1, 0.15) is 6.42 Å². The van der Waals surface area contributed by atoms with Gasteiger partial charge in [-0.25, -0.2) is 13.6 Å². The normalized spacial score (nSPS) is 19.8. The number of benzene rings is 2. The molecule has 1 aliphatic rings. The van der Waals surface area contributed by atoms with Crippen molar-refractivity contribution in [1.82, 2.24) is 0 Å². The first-order valence-corrected chi connectivity index (χ1v) is 7.87. The summed E-state index contributed by atoms with van der Waals surface area (Å²) in [6.07, 6.45) is -0.0499. The minimum atomic E-state index is -3.68. The van der Waals surface area contributed by atoms with Gasteiger partial charge in [0, 0.05) is 18.7 Å². The summed E-state index contributed by atoms with van der Waals surface area (Å²) in [4.78, 5) is 13.5. The first kappa shape index (κ1) is 13.1. The molecule has 1 heterocycles. The standard InChI is InChI=1S/C14H14N2O3S/c15-20(18,19)13-8-14(17)16(9-13)12-6-5-10-3-1-2-4-11(10)7-12/h1-7,13H,8-9H2,(H2,15,18,19). The molecule has 0 spiro atoms. The van der Waals surface area contributed by atoms with Crippen molar-refractivity contribution >= 4 is 32.4 Å². The Labute approximate surface area is 117 Å². The lowest BCUT2D eigenvalue weighted by Gasteiger charge is -2.17. The van der Waals surface area contributed by atoms with E-state index in [-0.39, 0.29) is 18.9 Å². The molecule has 1 amide bonds. The molecular weight excluding hydrogens is 276 g/mol. The van der Waals surface area contributed by atoms with Gasteiger partial charge in [0.2, 0.25) is 15.9 Å². The van der Waals surface area contributed by atoms with E-state index in [0.717, 1.165) is 10.8 Å². The number of anilines is 1. The second kappa shape index (κ2) is 4.57. The smallest absolute Gasteiger partial charge is 0.228 e. The highest BCUT2D eigenvalue weighted by Gasteiger charge is 2.37. The van der Waals surface area contributed by atoms with Gasteiger partial charge in [-0.1, -0.05) is 30.3 Å². The number of hydrogen-bond acceptors (Lipinski definition) is 3. The van der Waals surface area contributed by atoms with Crippen molar-refractivity contribution in [3.8, 4) is 0 Å². The number of sulfonamides is 1. The van der Waals surface area contributed by atoms with Crippen LogP contribution in [-0.2, 0) is 14.8 Å². The van der Waals surface area contributed by atoms with Crippen molar-refractivity contribution in [2.24, 2.45) is 5.14 Å². The molecule has 1 fully saturated rings. The Bertz CT molecular complexity index is 786. The summed E-state index contributed by atoms with van der Waals surface area (Å²) in [7, 11) is -3.68. The van der Waals surface area contributed by atoms with E-state index in [1.807, 2.05) is 42.5 Å². The van der Waals surface area contributed by atoms with Crippen LogP contribution in [0.25, 0.3) is 10.8 Å². The molecule has 2 aromatic carbocycles. The highest BCUT2D eigenvalue weighted by molar-refractivity contribution is 7.89. The Hall–Kier alpha value is -1.92. The van der Waals surface area contributed by atoms with Crippen LogP contribution in [0.3, 0.4) is 0 Å². The zero-order chi connectivity index (χ0) is 14.3. The van der Waals surface area contributed by atoms with Crippen LogP contribution in [0.5, 0.6) is 0 Å². The van der Waals surface area contributed by atoms with Crippen LogP contribution in [0.4, 0.5) is 5.69 Å². The fourth-order valence-corrected chi connectivity index (χ4v) is 3.22. The third-order valence-corrected chi connectivity index (χ3v) is 4.84. The number of hydrogen-bond donors (Lipinski definition) is 1. The van der Waals surface area contributed by atoms with Gasteiger partial charge >= 0.3 is 0 Å². The third-order valence-electron chi connectivity index (χ3n) is 3.60. The maximum absolute atomic E-state index is 12.0. The Kier molecular flexibility index (Phi) is 2.99. The van der Waals surface area contributed by atoms with Crippen LogP contribution in [-0.4, -0.2) is 26.1 Å². The zero-order valence-electron chi connectivity index (χ0n) is 10.7. The molecule has 0 saturated carbocycles. The highest BCUT2D eigenvalue weighted by Crippen LogP contribution is 2.27. The summed E-state index contributed by atoms with van der Waals surface area (Å²) in [5.74, 6) is -0.209. The Morgan fingerprint density at radius 3 is 2.45 bits per heavy atom. The zero-order valence-corrected chi connectivity index (χ0v) is 11.5. The summed E-state index contributed by atoms with van der Waals surface area (Å²) in [5, 5.41) is 6.39. The second-order valence-corrected chi connectivity index (χ2v) is 6.80. The SMILES string of the molecule is NS(=O)(=O)C1CC(=O)N(c2ccc3ccccc3c2)C1. The average Bonchev–Trinajstić information content (AvgIpc) is 2.80. The molecule has 1 unspecified atom stereocenters. The summed E-state index contributed by atoms with van der Waals surface area (Å²) in [6.45, 7) is 0.121. The summed E-state index contributed by atoms with van der Waals surface area (Å²) >= 11 is 0. The van der Waals surface area contributed by atoms with Gasteiger partial charge in [0.1, 0.15) is 5.25 Å². The van der Waals surface area contributed by atoms with Crippen molar-refractivity contribution in [2.45, 2.75) is 11.7 Å². The summed E-state index contributed by atoms with van der Waals surface area (Å²) in [6, 6.07) is 13.4. The fourth-order valence-electron chi connectivity index (χ4n) is 2.49. The molecule has 0 aromatic heterocycles. The average molecular weight is 290 g/mol. The Balaban J connectivity index is 1.97. The number of carbonyl (C=O) groups is 1. The second-order valence-electron chi connectivity index (χ2n) is 4.95. The molecule has 0 bridgehead atoms. The van der Waals surface area contributed by atoms with E-state index in [1.54, 1.807) is 0 Å². The molecule has 1 saturated heterocycles. The summed E-state index contributed by atoms with van der Waals surface area (Å²) < 4.78 is 22.7. The van der Waals surface area contributed by atoms with Crippen molar-refractivity contribution < 1.29 is 13.2 Å². The summed E-state index contributed by atoms with van der Waals surface area (Å²) in [5.41, 5.74) is 0.708. The molecule has 20 heavy (non-hydrogen) atoms. The van der Waals surface area contributed by atoms with E-state index in [9.17, 15) is 13.2 Å². The third kappa shape index (κ3) is 2.28. The Morgan fingerprint density at radius 1 is 1.10 bits per heavy atom. The van der Waals surface area contributed by atoms with Gasteiger partial charge in [0.25, 0.3) is 0 Å². The number of nitrogens with two attached hydrogens (primary N) is 1. The molecule has 1 aliphatic heterocycles. The lowest BCUT2D eigenvalue weighted by molar-refractivity contribution is -0.117. The molecule has 2 aromatic rings. The Morgan fingerprint density at radius 2 is 1.80 bits per heavy atom. The monoisotopic (exact) mass is 290 g/mol.